The minimum atomic E-state index is 0.922. The lowest BCUT2D eigenvalue weighted by Gasteiger charge is -2.10. The first-order chi connectivity index (χ1) is 61.0. The number of rotatable bonds is 9. The van der Waals surface area contributed by atoms with Gasteiger partial charge in [-0.2, -0.15) is 0 Å². The maximum Gasteiger partial charge on any atom is 0.143 e. The highest BCUT2D eigenvalue weighted by molar-refractivity contribution is 7.28. The first-order valence-electron chi connectivity index (χ1n) is 41.6. The molecule has 0 aliphatic rings. The predicted molar refractivity (Wildman–Crippen MR) is 523 cm³/mol. The molecule has 123 heavy (non-hydrogen) atoms. The minimum absolute atomic E-state index is 0.922. The first-order valence-corrected chi connectivity index (χ1v) is 44.0. The van der Waals surface area contributed by atoms with Crippen LogP contribution in [0.2, 0.25) is 0 Å². The molecule has 0 unspecified atom stereocenters. The molecule has 0 aliphatic heterocycles. The number of thiophene rings is 3. The van der Waals surface area contributed by atoms with Crippen LogP contribution >= 0.6 is 34.0 Å². The van der Waals surface area contributed by atoms with Gasteiger partial charge in [0.25, 0.3) is 0 Å². The van der Waals surface area contributed by atoms with E-state index in [1.165, 1.54) is 166 Å². The molecule has 0 N–H and O–H groups in total. The van der Waals surface area contributed by atoms with E-state index in [0.29, 0.717) is 0 Å². The Morgan fingerprint density at radius 2 is 0.512 bits per heavy atom. The monoisotopic (exact) mass is 1620 g/mol. The zero-order chi connectivity index (χ0) is 80.7. The van der Waals surface area contributed by atoms with E-state index in [1.807, 2.05) is 70.4 Å². The van der Waals surface area contributed by atoms with Crippen LogP contribution in [0.15, 0.2) is 432 Å². The summed E-state index contributed by atoms with van der Waals surface area (Å²) in [6, 6.07) is 150. The molecule has 0 atom stereocenters. The Hall–Kier alpha value is -15.4. The molecule has 9 aromatic heterocycles. The van der Waals surface area contributed by atoms with E-state index in [1.54, 1.807) is 0 Å². The van der Waals surface area contributed by atoms with Crippen LogP contribution in [0.25, 0.3) is 243 Å². The zero-order valence-electron chi connectivity index (χ0n) is 66.1. The molecule has 0 bridgehead atoms. The van der Waals surface area contributed by atoms with Crippen LogP contribution in [0.3, 0.4) is 0 Å². The van der Waals surface area contributed by atoms with Gasteiger partial charge >= 0.3 is 0 Å². The summed E-state index contributed by atoms with van der Waals surface area (Å²) in [5.41, 5.74) is 31.1. The lowest BCUT2D eigenvalue weighted by atomic mass is 9.95. The average Bonchev–Trinajstić information content (AvgIpc) is 1.57. The van der Waals surface area contributed by atoms with Crippen molar-refractivity contribution < 1.29 is 13.3 Å². The lowest BCUT2D eigenvalue weighted by Crippen LogP contribution is -1.92. The van der Waals surface area contributed by atoms with Gasteiger partial charge in [0.1, 0.15) is 33.5 Å². The molecule has 0 amide bonds. The van der Waals surface area contributed by atoms with Crippen LogP contribution in [-0.2, 0) is 0 Å². The summed E-state index contributed by atoms with van der Waals surface area (Å²) in [6.07, 6.45) is 0. The van der Waals surface area contributed by atoms with Gasteiger partial charge in [0.2, 0.25) is 0 Å². The third kappa shape index (κ3) is 11.6. The molecule has 9 heteroatoms. The van der Waals surface area contributed by atoms with Crippen LogP contribution < -0.4 is 0 Å². The summed E-state index contributed by atoms with van der Waals surface area (Å²) in [7, 11) is 0. The van der Waals surface area contributed by atoms with Crippen molar-refractivity contribution in [2.24, 2.45) is 0 Å². The number of nitrogens with zero attached hydrogens (tertiary/aromatic N) is 3. The van der Waals surface area contributed by atoms with Crippen LogP contribution in [0, 0.1) is 0 Å². The highest BCUT2D eigenvalue weighted by Crippen LogP contribution is 2.50. The number of hydrogen-bond donors (Lipinski definition) is 0. The van der Waals surface area contributed by atoms with Crippen molar-refractivity contribution in [3.05, 3.63) is 419 Å². The Morgan fingerprint density at radius 3 is 1.07 bits per heavy atom. The van der Waals surface area contributed by atoms with Crippen molar-refractivity contribution in [1.29, 1.82) is 0 Å². The van der Waals surface area contributed by atoms with E-state index in [4.69, 9.17) is 13.3 Å². The van der Waals surface area contributed by atoms with Crippen molar-refractivity contribution in [2.45, 2.75) is 0 Å². The van der Waals surface area contributed by atoms with Crippen molar-refractivity contribution in [2.75, 3.05) is 0 Å². The molecule has 0 saturated heterocycles. The molecule has 576 valence electrons. The van der Waals surface area contributed by atoms with Gasteiger partial charge < -0.3 is 27.0 Å². The zero-order valence-corrected chi connectivity index (χ0v) is 68.6. The largest absolute Gasteiger partial charge is 0.456 e. The van der Waals surface area contributed by atoms with Crippen molar-refractivity contribution >= 4 is 193 Å². The molecule has 18 aromatic carbocycles. The van der Waals surface area contributed by atoms with Crippen LogP contribution in [0.4, 0.5) is 0 Å². The van der Waals surface area contributed by atoms with Gasteiger partial charge in [-0.15, -0.1) is 34.0 Å². The van der Waals surface area contributed by atoms with E-state index in [9.17, 15) is 0 Å². The summed E-state index contributed by atoms with van der Waals surface area (Å²) < 4.78 is 33.9. The lowest BCUT2D eigenvalue weighted by molar-refractivity contribution is 0.668. The molecule has 0 fully saturated rings. The van der Waals surface area contributed by atoms with Gasteiger partial charge in [-0.25, -0.2) is 0 Å². The second-order valence-electron chi connectivity index (χ2n) is 31.6. The summed E-state index contributed by atoms with van der Waals surface area (Å²) in [5.74, 6) is 0. The maximum atomic E-state index is 6.35. The fraction of sp³-hybridized carbons (Fsp3) is 0. The minimum Gasteiger partial charge on any atom is -0.456 e. The summed E-state index contributed by atoms with van der Waals surface area (Å²) in [6.45, 7) is 0. The van der Waals surface area contributed by atoms with Crippen molar-refractivity contribution in [3.63, 3.8) is 0 Å². The quantitative estimate of drug-likeness (QED) is 0.145. The predicted octanol–water partition coefficient (Wildman–Crippen LogP) is 33.7. The number of aromatic nitrogens is 3. The maximum absolute atomic E-state index is 6.35. The van der Waals surface area contributed by atoms with Crippen molar-refractivity contribution in [1.82, 2.24) is 13.7 Å². The van der Waals surface area contributed by atoms with Crippen LogP contribution in [-0.4, -0.2) is 13.7 Å². The summed E-state index contributed by atoms with van der Waals surface area (Å²) in [4.78, 5) is 0. The van der Waals surface area contributed by atoms with Gasteiger partial charge in [-0.3, -0.25) is 0 Å². The summed E-state index contributed by atoms with van der Waals surface area (Å²) in [5, 5.41) is 14.7. The molecule has 0 radical (unpaired) electrons. The number of furan rings is 3. The van der Waals surface area contributed by atoms with Crippen LogP contribution in [0.1, 0.15) is 0 Å². The highest BCUT2D eigenvalue weighted by atomic mass is 32.1. The van der Waals surface area contributed by atoms with E-state index in [-0.39, 0.29) is 0 Å². The van der Waals surface area contributed by atoms with E-state index < -0.39 is 0 Å². The average molecular weight is 1630 g/mol. The van der Waals surface area contributed by atoms with Crippen LogP contribution in [0.5, 0.6) is 0 Å². The SMILES string of the molecule is c1ccc(-n2c3ccccc3c3sc4c(-c5cccc(-c6cccc7oc8ccccc8c67)c5)cccc4c32)cc1.c1ccc(-n2c3ccccc3c3sc4cc(-c5cccc(-c6ccc7c(c6)oc6ccccc67)c5)ccc4c32)cc1.c1ccc(-n2c3ccccc3c3sc4cc(-c5cccc(-c6cccc7c6oc6ccccc67)c5)ccc4c32)cc1. The Balaban J connectivity index is 0.000000101. The van der Waals surface area contributed by atoms with E-state index in [0.717, 1.165) is 77.1 Å². The molecule has 9 heterocycles. The third-order valence-electron chi connectivity index (χ3n) is 24.6. The van der Waals surface area contributed by atoms with Gasteiger partial charge in [-0.05, 0) is 183 Å². The van der Waals surface area contributed by atoms with E-state index in [2.05, 4.69) is 396 Å². The molecule has 27 aromatic rings. The fourth-order valence-electron chi connectivity index (χ4n) is 19.0. The first kappa shape index (κ1) is 70.6. The molecular formula is C114H69N3O3S3. The third-order valence-corrected chi connectivity index (χ3v) is 28.2. The second-order valence-corrected chi connectivity index (χ2v) is 34.7. The summed E-state index contributed by atoms with van der Waals surface area (Å²) >= 11 is 5.67. The Bertz CT molecular complexity index is 8910. The highest BCUT2D eigenvalue weighted by Gasteiger charge is 2.25. The van der Waals surface area contributed by atoms with Gasteiger partial charge in [-0.1, -0.05) is 297 Å². The number of para-hydroxylation sites is 10. The molecular weight excluding hydrogens is 1560 g/mol. The molecule has 0 spiro atoms. The fourth-order valence-corrected chi connectivity index (χ4v) is 22.9. The smallest absolute Gasteiger partial charge is 0.143 e. The van der Waals surface area contributed by atoms with E-state index >= 15 is 0 Å². The molecule has 6 nitrogen and oxygen atoms in total. The van der Waals surface area contributed by atoms with Gasteiger partial charge in [0, 0.05) is 101 Å². The standard InChI is InChI=1S/3C38H23NOS/c1-2-13-26(14-3-1)39-32-20-6-4-15-29(32)38-36(39)31-19-9-18-28(37(31)41-38)25-12-8-11-24(23-25)27-17-10-22-34-35(27)30-16-5-7-21-33(30)40-34;1-2-12-27(13-3-1)39-33-18-6-4-15-31(33)38-36(39)32-21-20-25(23-35(32)41-38)24-10-8-11-26(22-24)28-16-9-17-30-29-14-5-7-19-34(29)40-37(28)30;1-2-11-28(12-3-1)39-33-15-6-4-14-31(33)38-37(39)32-20-18-27(23-36(32)41-38)25-10-8-9-24(21-25)26-17-19-30-29-13-5-7-16-34(29)40-35(30)22-26/h3*1-23H. The van der Waals surface area contributed by atoms with Crippen molar-refractivity contribution in [3.8, 4) is 83.8 Å². The van der Waals surface area contributed by atoms with Gasteiger partial charge in [0.05, 0.1) is 47.2 Å². The second kappa shape index (κ2) is 28.7. The molecule has 27 rings (SSSR count). The van der Waals surface area contributed by atoms with Gasteiger partial charge in [0.15, 0.2) is 0 Å². The molecule has 0 saturated carbocycles. The Kier molecular flexibility index (Phi) is 16.5. The Labute approximate surface area is 717 Å². The number of hydrogen-bond acceptors (Lipinski definition) is 6. The Morgan fingerprint density at radius 1 is 0.179 bits per heavy atom. The number of benzene rings is 18. The topological polar surface area (TPSA) is 54.2 Å². The molecule has 0 aliphatic carbocycles. The number of fused-ring (bicyclic) bond motifs is 24. The normalized spacial score (nSPS) is 11.9.